The Hall–Kier alpha value is -3.15. The number of benzene rings is 2. The van der Waals surface area contributed by atoms with Gasteiger partial charge in [0.1, 0.15) is 5.54 Å². The maximum absolute atomic E-state index is 12.3. The zero-order valence-corrected chi connectivity index (χ0v) is 15.1. The van der Waals surface area contributed by atoms with Gasteiger partial charge in [0.2, 0.25) is 0 Å². The molecule has 0 spiro atoms. The Morgan fingerprint density at radius 3 is 2.27 bits per heavy atom. The van der Waals surface area contributed by atoms with Crippen LogP contribution >= 0.6 is 0 Å². The smallest absolute Gasteiger partial charge is 0.345 e. The molecular formula is C20H22N4O2. The van der Waals surface area contributed by atoms with Gasteiger partial charge >= 0.3 is 6.03 Å². The molecule has 0 aliphatic carbocycles. The number of amides is 3. The average Bonchev–Trinajstić information content (AvgIpc) is 2.89. The number of carbonyl (C=O) groups excluding carboxylic acids is 2. The molecule has 1 fully saturated rings. The SMILES string of the molecule is CC[C@]1(C)NC(=O)N(/N=C\c2ccc(N(C)c3ccccc3)cc2)C1=O. The normalized spacial score (nSPS) is 19.9. The molecule has 26 heavy (non-hydrogen) atoms. The van der Waals surface area contributed by atoms with Crippen molar-refractivity contribution >= 4 is 29.5 Å². The molecule has 0 unspecified atom stereocenters. The van der Waals surface area contributed by atoms with E-state index in [9.17, 15) is 9.59 Å². The summed E-state index contributed by atoms with van der Waals surface area (Å²) < 4.78 is 0. The van der Waals surface area contributed by atoms with Crippen molar-refractivity contribution in [2.45, 2.75) is 25.8 Å². The topological polar surface area (TPSA) is 65.0 Å². The van der Waals surface area contributed by atoms with Crippen LogP contribution in [0.5, 0.6) is 0 Å². The summed E-state index contributed by atoms with van der Waals surface area (Å²) in [6.07, 6.45) is 2.04. The van der Waals surface area contributed by atoms with Crippen molar-refractivity contribution in [3.05, 3.63) is 60.2 Å². The van der Waals surface area contributed by atoms with Crippen molar-refractivity contribution in [1.82, 2.24) is 10.3 Å². The van der Waals surface area contributed by atoms with Gasteiger partial charge in [-0.25, -0.2) is 4.79 Å². The molecule has 1 aliphatic heterocycles. The van der Waals surface area contributed by atoms with Crippen LogP contribution in [-0.2, 0) is 4.79 Å². The molecular weight excluding hydrogens is 328 g/mol. The number of anilines is 2. The van der Waals surface area contributed by atoms with Gasteiger partial charge in [-0.3, -0.25) is 4.79 Å². The standard InChI is InChI=1S/C20H22N4O2/c1-4-20(2)18(25)24(19(26)22-20)21-14-15-10-12-17(13-11-15)23(3)16-8-6-5-7-9-16/h5-14H,4H2,1-3H3,(H,22,26)/b21-14-/t20-/m0/s1. The molecule has 2 aromatic rings. The third kappa shape index (κ3) is 3.31. The Bertz CT molecular complexity index is 833. The van der Waals surface area contributed by atoms with E-state index >= 15 is 0 Å². The summed E-state index contributed by atoms with van der Waals surface area (Å²) in [7, 11) is 2.00. The zero-order valence-electron chi connectivity index (χ0n) is 15.1. The maximum Gasteiger partial charge on any atom is 0.346 e. The van der Waals surface area contributed by atoms with Crippen LogP contribution < -0.4 is 10.2 Å². The number of hydrogen-bond acceptors (Lipinski definition) is 4. The number of urea groups is 1. The molecule has 0 bridgehead atoms. The highest BCUT2D eigenvalue weighted by Crippen LogP contribution is 2.23. The van der Waals surface area contributed by atoms with E-state index in [0.717, 1.165) is 21.9 Å². The molecule has 0 saturated carbocycles. The first-order valence-electron chi connectivity index (χ1n) is 8.54. The zero-order chi connectivity index (χ0) is 18.7. The van der Waals surface area contributed by atoms with Crippen molar-refractivity contribution in [1.29, 1.82) is 0 Å². The minimum absolute atomic E-state index is 0.332. The fourth-order valence-electron chi connectivity index (χ4n) is 2.72. The number of hydrogen-bond donors (Lipinski definition) is 1. The second-order valence-corrected chi connectivity index (χ2v) is 6.46. The summed E-state index contributed by atoms with van der Waals surface area (Å²) in [5.74, 6) is -0.332. The Morgan fingerprint density at radius 1 is 1.08 bits per heavy atom. The van der Waals surface area contributed by atoms with Crippen molar-refractivity contribution in [2.24, 2.45) is 5.10 Å². The second kappa shape index (κ2) is 7.00. The molecule has 0 radical (unpaired) electrons. The predicted octanol–water partition coefficient (Wildman–Crippen LogP) is 3.51. The second-order valence-electron chi connectivity index (χ2n) is 6.46. The summed E-state index contributed by atoms with van der Waals surface area (Å²) >= 11 is 0. The van der Waals surface area contributed by atoms with Gasteiger partial charge in [-0.05, 0) is 43.2 Å². The molecule has 6 heteroatoms. The van der Waals surface area contributed by atoms with Gasteiger partial charge < -0.3 is 10.2 Å². The van der Waals surface area contributed by atoms with Crippen LogP contribution in [0.1, 0.15) is 25.8 Å². The number of para-hydroxylation sites is 1. The van der Waals surface area contributed by atoms with E-state index in [1.54, 1.807) is 6.92 Å². The molecule has 6 nitrogen and oxygen atoms in total. The van der Waals surface area contributed by atoms with Crippen LogP contribution in [0.3, 0.4) is 0 Å². The lowest BCUT2D eigenvalue weighted by atomic mass is 10.00. The Kier molecular flexibility index (Phi) is 4.75. The third-order valence-corrected chi connectivity index (χ3v) is 4.69. The Labute approximate surface area is 153 Å². The van der Waals surface area contributed by atoms with Gasteiger partial charge in [-0.2, -0.15) is 5.10 Å². The first kappa shape index (κ1) is 17.7. The van der Waals surface area contributed by atoms with Crippen molar-refractivity contribution in [3.8, 4) is 0 Å². The van der Waals surface area contributed by atoms with E-state index in [-0.39, 0.29) is 5.91 Å². The molecule has 1 heterocycles. The fraction of sp³-hybridized carbons (Fsp3) is 0.250. The lowest BCUT2D eigenvalue weighted by Crippen LogP contribution is -2.42. The van der Waals surface area contributed by atoms with Gasteiger partial charge in [0, 0.05) is 18.4 Å². The fourth-order valence-corrected chi connectivity index (χ4v) is 2.72. The van der Waals surface area contributed by atoms with Crippen LogP contribution in [0.2, 0.25) is 0 Å². The highest BCUT2D eigenvalue weighted by atomic mass is 16.2. The van der Waals surface area contributed by atoms with E-state index in [1.807, 2.05) is 68.6 Å². The number of hydrazone groups is 1. The monoisotopic (exact) mass is 350 g/mol. The average molecular weight is 350 g/mol. The van der Waals surface area contributed by atoms with Gasteiger partial charge in [0.25, 0.3) is 5.91 Å². The molecule has 3 amide bonds. The molecule has 1 atom stereocenters. The minimum atomic E-state index is -0.878. The molecule has 0 aromatic heterocycles. The largest absolute Gasteiger partial charge is 0.346 e. The van der Waals surface area contributed by atoms with Crippen molar-refractivity contribution < 1.29 is 9.59 Å². The summed E-state index contributed by atoms with van der Waals surface area (Å²) in [4.78, 5) is 26.3. The lowest BCUT2D eigenvalue weighted by molar-refractivity contribution is -0.130. The van der Waals surface area contributed by atoms with Crippen LogP contribution in [0.4, 0.5) is 16.2 Å². The first-order chi connectivity index (χ1) is 12.4. The molecule has 1 saturated heterocycles. The van der Waals surface area contributed by atoms with E-state index in [1.165, 1.54) is 6.21 Å². The highest BCUT2D eigenvalue weighted by molar-refractivity contribution is 6.07. The number of rotatable bonds is 5. The summed E-state index contributed by atoms with van der Waals surface area (Å²) in [6, 6.07) is 17.3. The number of carbonyl (C=O) groups is 2. The van der Waals surface area contributed by atoms with E-state index in [4.69, 9.17) is 0 Å². The van der Waals surface area contributed by atoms with Gasteiger partial charge in [0.15, 0.2) is 0 Å². The number of imide groups is 1. The van der Waals surface area contributed by atoms with Crippen molar-refractivity contribution in [2.75, 3.05) is 11.9 Å². The van der Waals surface area contributed by atoms with Crippen LogP contribution in [0.25, 0.3) is 0 Å². The van der Waals surface area contributed by atoms with Crippen LogP contribution in [0.15, 0.2) is 59.7 Å². The summed E-state index contributed by atoms with van der Waals surface area (Å²) in [5, 5.41) is 7.64. The van der Waals surface area contributed by atoms with Gasteiger partial charge in [-0.1, -0.05) is 37.3 Å². The Balaban J connectivity index is 1.73. The van der Waals surface area contributed by atoms with Crippen molar-refractivity contribution in [3.63, 3.8) is 0 Å². The Morgan fingerprint density at radius 2 is 1.69 bits per heavy atom. The van der Waals surface area contributed by atoms with E-state index < -0.39 is 11.6 Å². The van der Waals surface area contributed by atoms with Gasteiger partial charge in [0.05, 0.1) is 6.21 Å². The highest BCUT2D eigenvalue weighted by Gasteiger charge is 2.46. The van der Waals surface area contributed by atoms with Gasteiger partial charge in [-0.15, -0.1) is 5.01 Å². The van der Waals surface area contributed by atoms with Crippen LogP contribution in [-0.4, -0.2) is 35.7 Å². The predicted molar refractivity (Wildman–Crippen MR) is 103 cm³/mol. The first-order valence-corrected chi connectivity index (χ1v) is 8.54. The van der Waals surface area contributed by atoms with E-state index in [0.29, 0.717) is 6.42 Å². The maximum atomic E-state index is 12.3. The molecule has 2 aromatic carbocycles. The third-order valence-electron chi connectivity index (χ3n) is 4.69. The molecule has 1 N–H and O–H groups in total. The number of nitrogens with one attached hydrogen (secondary N) is 1. The van der Waals surface area contributed by atoms with Crippen LogP contribution in [0, 0.1) is 0 Å². The molecule has 3 rings (SSSR count). The quantitative estimate of drug-likeness (QED) is 0.663. The minimum Gasteiger partial charge on any atom is -0.345 e. The molecule has 134 valence electrons. The lowest BCUT2D eigenvalue weighted by Gasteiger charge is -2.19. The number of nitrogens with zero attached hydrogens (tertiary/aromatic N) is 3. The summed E-state index contributed by atoms with van der Waals surface area (Å²) in [6.45, 7) is 3.56. The van der Waals surface area contributed by atoms with E-state index in [2.05, 4.69) is 15.3 Å². The summed E-state index contributed by atoms with van der Waals surface area (Å²) in [5.41, 5.74) is 2.05. The molecule has 1 aliphatic rings.